The molecule has 30 heavy (non-hydrogen) atoms. The third-order valence-electron chi connectivity index (χ3n) is 5.15. The highest BCUT2D eigenvalue weighted by Gasteiger charge is 2.30. The van der Waals surface area contributed by atoms with E-state index in [1.54, 1.807) is 19.1 Å². The Kier molecular flexibility index (Phi) is 6.25. The van der Waals surface area contributed by atoms with Gasteiger partial charge < -0.3 is 10.2 Å². The van der Waals surface area contributed by atoms with Crippen molar-refractivity contribution in [3.63, 3.8) is 0 Å². The quantitative estimate of drug-likeness (QED) is 0.586. The fraction of sp³-hybridized carbons (Fsp3) is 0.350. The van der Waals surface area contributed by atoms with Crippen molar-refractivity contribution in [2.45, 2.75) is 19.1 Å². The first-order chi connectivity index (χ1) is 14.1. The van der Waals surface area contributed by atoms with Gasteiger partial charge in [0.05, 0.1) is 16.5 Å². The Labute approximate surface area is 171 Å². The summed E-state index contributed by atoms with van der Waals surface area (Å²) in [5.41, 5.74) is 0.452. The summed E-state index contributed by atoms with van der Waals surface area (Å²) < 4.78 is 37.9. The van der Waals surface area contributed by atoms with Crippen molar-refractivity contribution in [1.82, 2.24) is 4.90 Å². The third kappa shape index (κ3) is 5.07. The van der Waals surface area contributed by atoms with Crippen LogP contribution in [0.3, 0.4) is 0 Å². The minimum Gasteiger partial charge on any atom is -0.369 e. The molecule has 0 aromatic heterocycles. The Balaban J connectivity index is 1.53. The molecule has 1 heterocycles. The maximum absolute atomic E-state index is 12.6. The Hall–Kier alpha value is -3.14. The lowest BCUT2D eigenvalue weighted by Gasteiger charge is -2.38. The van der Waals surface area contributed by atoms with Crippen LogP contribution in [0.5, 0.6) is 0 Å². The fourth-order valence-corrected chi connectivity index (χ4v) is 3.31. The predicted octanol–water partition coefficient (Wildman–Crippen LogP) is 3.76. The van der Waals surface area contributed by atoms with Crippen LogP contribution in [0.15, 0.2) is 48.5 Å². The summed E-state index contributed by atoms with van der Waals surface area (Å²) >= 11 is 0. The van der Waals surface area contributed by atoms with Crippen LogP contribution in [0.1, 0.15) is 12.5 Å². The van der Waals surface area contributed by atoms with Crippen molar-refractivity contribution in [3.8, 4) is 0 Å². The number of nitrogens with zero attached hydrogens (tertiary/aromatic N) is 3. The van der Waals surface area contributed by atoms with E-state index in [0.717, 1.165) is 17.8 Å². The van der Waals surface area contributed by atoms with Crippen LogP contribution in [0.4, 0.5) is 30.2 Å². The predicted molar refractivity (Wildman–Crippen MR) is 106 cm³/mol. The second kappa shape index (κ2) is 8.70. The molecule has 1 fully saturated rings. The van der Waals surface area contributed by atoms with Crippen LogP contribution in [0.25, 0.3) is 0 Å². The van der Waals surface area contributed by atoms with E-state index in [-0.39, 0.29) is 11.6 Å². The van der Waals surface area contributed by atoms with E-state index < -0.39 is 22.7 Å². The molecule has 1 saturated heterocycles. The summed E-state index contributed by atoms with van der Waals surface area (Å²) in [6.45, 7) is 4.27. The molecule has 0 unspecified atom stereocenters. The second-order valence-electron chi connectivity index (χ2n) is 7.04. The molecule has 1 aliphatic rings. The molecule has 1 aliphatic heterocycles. The summed E-state index contributed by atoms with van der Waals surface area (Å²) in [7, 11) is 0. The van der Waals surface area contributed by atoms with E-state index in [1.807, 2.05) is 4.90 Å². The van der Waals surface area contributed by atoms with Gasteiger partial charge in [-0.1, -0.05) is 0 Å². The van der Waals surface area contributed by atoms with Crippen molar-refractivity contribution >= 4 is 23.0 Å². The number of alkyl halides is 3. The zero-order chi connectivity index (χ0) is 21.9. The second-order valence-corrected chi connectivity index (χ2v) is 7.04. The number of non-ortho nitro benzene ring substituents is 1. The summed E-state index contributed by atoms with van der Waals surface area (Å²) in [6.07, 6.45) is -4.42. The largest absolute Gasteiger partial charge is 0.416 e. The van der Waals surface area contributed by atoms with Gasteiger partial charge in [0.25, 0.3) is 5.69 Å². The number of halogens is 3. The van der Waals surface area contributed by atoms with Gasteiger partial charge in [-0.3, -0.25) is 19.8 Å². The van der Waals surface area contributed by atoms with Gasteiger partial charge in [-0.05, 0) is 43.3 Å². The van der Waals surface area contributed by atoms with E-state index in [9.17, 15) is 28.1 Å². The lowest BCUT2D eigenvalue weighted by Crippen LogP contribution is -2.52. The molecular formula is C20H21F3N4O3. The van der Waals surface area contributed by atoms with Crippen LogP contribution in [0, 0.1) is 10.1 Å². The first-order valence-electron chi connectivity index (χ1n) is 9.37. The molecule has 2 aromatic rings. The van der Waals surface area contributed by atoms with Gasteiger partial charge in [-0.2, -0.15) is 13.2 Å². The molecule has 3 rings (SSSR count). The van der Waals surface area contributed by atoms with Gasteiger partial charge in [-0.15, -0.1) is 0 Å². The Morgan fingerprint density at radius 1 is 1.03 bits per heavy atom. The first-order valence-corrected chi connectivity index (χ1v) is 9.37. The fourth-order valence-electron chi connectivity index (χ4n) is 3.31. The Morgan fingerprint density at radius 2 is 1.60 bits per heavy atom. The van der Waals surface area contributed by atoms with Crippen molar-refractivity contribution in [2.75, 3.05) is 36.4 Å². The monoisotopic (exact) mass is 422 g/mol. The number of rotatable bonds is 5. The lowest BCUT2D eigenvalue weighted by molar-refractivity contribution is -0.384. The average molecular weight is 422 g/mol. The molecule has 10 heteroatoms. The minimum absolute atomic E-state index is 0.0333. The number of hydrogen-bond acceptors (Lipinski definition) is 5. The van der Waals surface area contributed by atoms with Crippen molar-refractivity contribution in [3.05, 3.63) is 64.2 Å². The molecule has 1 N–H and O–H groups in total. The highest BCUT2D eigenvalue weighted by atomic mass is 19.4. The number of carbonyl (C=O) groups excluding carboxylic acids is 1. The number of piperazine rings is 1. The lowest BCUT2D eigenvalue weighted by atomic mass is 10.1. The highest BCUT2D eigenvalue weighted by Crippen LogP contribution is 2.30. The molecule has 0 saturated carbocycles. The Bertz CT molecular complexity index is 893. The van der Waals surface area contributed by atoms with Gasteiger partial charge in [-0.25, -0.2) is 0 Å². The van der Waals surface area contributed by atoms with Gasteiger partial charge >= 0.3 is 6.18 Å². The highest BCUT2D eigenvalue weighted by molar-refractivity contribution is 5.94. The number of nitrogens with one attached hydrogen (secondary N) is 1. The van der Waals surface area contributed by atoms with Crippen molar-refractivity contribution < 1.29 is 22.9 Å². The number of nitro groups is 1. The molecule has 0 spiro atoms. The molecule has 1 atom stereocenters. The molecule has 7 nitrogen and oxygen atoms in total. The molecule has 0 bridgehead atoms. The maximum Gasteiger partial charge on any atom is 0.416 e. The summed E-state index contributed by atoms with van der Waals surface area (Å²) in [5, 5.41) is 13.4. The summed E-state index contributed by atoms with van der Waals surface area (Å²) in [5.74, 6) is -0.293. The van der Waals surface area contributed by atoms with Crippen molar-refractivity contribution in [2.24, 2.45) is 0 Å². The number of anilines is 2. The molecular weight excluding hydrogens is 401 g/mol. The van der Waals surface area contributed by atoms with E-state index >= 15 is 0 Å². The summed E-state index contributed by atoms with van der Waals surface area (Å²) in [6, 6.07) is 10.2. The zero-order valence-corrected chi connectivity index (χ0v) is 16.2. The van der Waals surface area contributed by atoms with E-state index in [0.29, 0.717) is 31.9 Å². The normalized spacial score (nSPS) is 16.2. The van der Waals surface area contributed by atoms with E-state index in [2.05, 4.69) is 10.2 Å². The van der Waals surface area contributed by atoms with E-state index in [4.69, 9.17) is 0 Å². The minimum atomic E-state index is -4.42. The number of hydrogen-bond donors (Lipinski definition) is 1. The van der Waals surface area contributed by atoms with Gasteiger partial charge in [0.1, 0.15) is 0 Å². The van der Waals surface area contributed by atoms with Gasteiger partial charge in [0, 0.05) is 49.7 Å². The topological polar surface area (TPSA) is 78.7 Å². The zero-order valence-electron chi connectivity index (χ0n) is 16.2. The molecule has 2 aromatic carbocycles. The number of carbonyl (C=O) groups is 1. The number of benzene rings is 2. The number of amides is 1. The smallest absolute Gasteiger partial charge is 0.369 e. The first kappa shape index (κ1) is 21.6. The van der Waals surface area contributed by atoms with Crippen LogP contribution in [0.2, 0.25) is 0 Å². The average Bonchev–Trinajstić information content (AvgIpc) is 2.73. The third-order valence-corrected chi connectivity index (χ3v) is 5.15. The molecule has 160 valence electrons. The van der Waals surface area contributed by atoms with Gasteiger partial charge in [0.15, 0.2) is 0 Å². The van der Waals surface area contributed by atoms with Crippen LogP contribution in [-0.2, 0) is 11.0 Å². The standard InChI is InChI=1S/C20H21F3N4O3/c1-14(19(28)24-16-4-2-15(3-5-16)20(21,22)23)25-10-12-26(13-11-25)17-6-8-18(9-7-17)27(29)30/h2-9,14H,10-13H2,1H3,(H,24,28)/t14-/m1/s1. The van der Waals surface area contributed by atoms with Crippen LogP contribution >= 0.6 is 0 Å². The molecule has 0 radical (unpaired) electrons. The van der Waals surface area contributed by atoms with Crippen LogP contribution < -0.4 is 10.2 Å². The van der Waals surface area contributed by atoms with Crippen molar-refractivity contribution in [1.29, 1.82) is 0 Å². The Morgan fingerprint density at radius 3 is 2.10 bits per heavy atom. The van der Waals surface area contributed by atoms with E-state index in [1.165, 1.54) is 24.3 Å². The molecule has 0 aliphatic carbocycles. The number of nitro benzene ring substituents is 1. The van der Waals surface area contributed by atoms with Gasteiger partial charge in [0.2, 0.25) is 5.91 Å². The maximum atomic E-state index is 12.6. The SMILES string of the molecule is C[C@H](C(=O)Nc1ccc(C(F)(F)F)cc1)N1CCN(c2ccc([N+](=O)[O-])cc2)CC1. The van der Waals surface area contributed by atoms with Crippen LogP contribution in [-0.4, -0.2) is 48.0 Å². The summed E-state index contributed by atoms with van der Waals surface area (Å²) in [4.78, 5) is 26.9. The molecule has 1 amide bonds.